The molecule has 1 aromatic carbocycles. The van der Waals surface area contributed by atoms with Crippen LogP contribution in [0, 0.1) is 6.92 Å². The lowest BCUT2D eigenvalue weighted by Crippen LogP contribution is -2.35. The van der Waals surface area contributed by atoms with E-state index in [1.54, 1.807) is 11.3 Å². The fourth-order valence-corrected chi connectivity index (χ4v) is 2.80. The summed E-state index contributed by atoms with van der Waals surface area (Å²) >= 11 is 1.71. The van der Waals surface area contributed by atoms with E-state index in [9.17, 15) is 4.79 Å². The minimum atomic E-state index is 0.455. The van der Waals surface area contributed by atoms with Gasteiger partial charge in [0.1, 0.15) is 0 Å². The molecule has 2 aromatic rings. The maximum Gasteiger partial charge on any atom is 0.293 e. The summed E-state index contributed by atoms with van der Waals surface area (Å²) in [7, 11) is 0. The van der Waals surface area contributed by atoms with Crippen molar-refractivity contribution in [3.05, 3.63) is 52.0 Å². The summed E-state index contributed by atoms with van der Waals surface area (Å²) in [5.74, 6) is 0. The molecule has 3 nitrogen and oxygen atoms in total. The largest absolute Gasteiger partial charge is 0.468 e. The van der Waals surface area contributed by atoms with E-state index < -0.39 is 0 Å². The summed E-state index contributed by atoms with van der Waals surface area (Å²) in [6.07, 6.45) is 0.789. The zero-order chi connectivity index (χ0) is 12.8. The lowest BCUT2D eigenvalue weighted by molar-refractivity contribution is -0.689. The number of ether oxygens (including phenoxy) is 1. The summed E-state index contributed by atoms with van der Waals surface area (Å²) in [5, 5.41) is 0. The van der Waals surface area contributed by atoms with E-state index in [4.69, 9.17) is 4.74 Å². The van der Waals surface area contributed by atoms with E-state index in [-0.39, 0.29) is 0 Å². The number of carbonyl (C=O) groups excluding carboxylic acids is 1. The fourth-order valence-electron chi connectivity index (χ4n) is 1.83. The van der Waals surface area contributed by atoms with Gasteiger partial charge in [-0.3, -0.25) is 4.79 Å². The third kappa shape index (κ3) is 3.17. The quantitative estimate of drug-likeness (QED) is 0.453. The Labute approximate surface area is 111 Å². The van der Waals surface area contributed by atoms with E-state index in [1.807, 2.05) is 6.07 Å². The van der Waals surface area contributed by atoms with Gasteiger partial charge in [0.2, 0.25) is 5.51 Å². The van der Waals surface area contributed by atoms with Crippen LogP contribution in [0.3, 0.4) is 0 Å². The van der Waals surface area contributed by atoms with Crippen molar-refractivity contribution < 1.29 is 14.1 Å². The predicted octanol–water partition coefficient (Wildman–Crippen LogP) is 2.11. The second-order valence-electron chi connectivity index (χ2n) is 4.06. The molecule has 0 aliphatic heterocycles. The molecule has 1 heterocycles. The Morgan fingerprint density at radius 3 is 2.83 bits per heavy atom. The summed E-state index contributed by atoms with van der Waals surface area (Å²) in [5.41, 5.74) is 4.66. The van der Waals surface area contributed by atoms with Gasteiger partial charge in [0.05, 0.1) is 11.5 Å². The molecule has 0 bridgehead atoms. The molecule has 18 heavy (non-hydrogen) atoms. The van der Waals surface area contributed by atoms with Crippen LogP contribution in [0.5, 0.6) is 0 Å². The minimum absolute atomic E-state index is 0.455. The second-order valence-corrected chi connectivity index (χ2v) is 5.00. The summed E-state index contributed by atoms with van der Waals surface area (Å²) in [6.45, 7) is 3.95. The van der Waals surface area contributed by atoms with Gasteiger partial charge < -0.3 is 4.74 Å². The Morgan fingerprint density at radius 1 is 1.33 bits per heavy atom. The van der Waals surface area contributed by atoms with Crippen molar-refractivity contribution in [2.24, 2.45) is 0 Å². The van der Waals surface area contributed by atoms with Gasteiger partial charge in [0.25, 0.3) is 6.47 Å². The molecule has 2 rings (SSSR count). The number of benzene rings is 1. The van der Waals surface area contributed by atoms with Crippen molar-refractivity contribution in [3.63, 3.8) is 0 Å². The van der Waals surface area contributed by atoms with Gasteiger partial charge in [0, 0.05) is 18.9 Å². The van der Waals surface area contributed by atoms with Gasteiger partial charge in [-0.05, 0) is 0 Å². The van der Waals surface area contributed by atoms with Gasteiger partial charge >= 0.3 is 0 Å². The first-order chi connectivity index (χ1) is 8.81. The molecular formula is C14H16NO2S+. The zero-order valence-corrected chi connectivity index (χ0v) is 11.2. The summed E-state index contributed by atoms with van der Waals surface area (Å²) in [6, 6.07) is 10.4. The first kappa shape index (κ1) is 12.8. The third-order valence-electron chi connectivity index (χ3n) is 2.87. The number of hydrogen-bond acceptors (Lipinski definition) is 3. The average Bonchev–Trinajstić information content (AvgIpc) is 2.73. The maximum absolute atomic E-state index is 10.1. The van der Waals surface area contributed by atoms with E-state index >= 15 is 0 Å². The highest BCUT2D eigenvalue weighted by atomic mass is 32.1. The van der Waals surface area contributed by atoms with Crippen molar-refractivity contribution >= 4 is 17.8 Å². The van der Waals surface area contributed by atoms with Crippen LogP contribution in [-0.4, -0.2) is 13.1 Å². The Morgan fingerprint density at radius 2 is 2.11 bits per heavy atom. The van der Waals surface area contributed by atoms with Gasteiger partial charge in [-0.1, -0.05) is 41.7 Å². The SMILES string of the molecule is Cc1c(CCOC=O)sc[n+]1Cc1ccccc1. The number of rotatable bonds is 6. The Bertz CT molecular complexity index is 508. The Kier molecular flexibility index (Phi) is 4.47. The minimum Gasteiger partial charge on any atom is -0.468 e. The van der Waals surface area contributed by atoms with Crippen LogP contribution in [-0.2, 0) is 22.5 Å². The molecule has 0 atom stereocenters. The smallest absolute Gasteiger partial charge is 0.293 e. The molecule has 1 aromatic heterocycles. The molecule has 0 saturated heterocycles. The van der Waals surface area contributed by atoms with Crippen LogP contribution in [0.4, 0.5) is 0 Å². The number of aromatic nitrogens is 1. The molecule has 0 amide bonds. The maximum atomic E-state index is 10.1. The van der Waals surface area contributed by atoms with Crippen LogP contribution < -0.4 is 4.57 Å². The Balaban J connectivity index is 2.04. The molecule has 0 saturated carbocycles. The van der Waals surface area contributed by atoms with Crippen molar-refractivity contribution in [2.45, 2.75) is 19.9 Å². The molecule has 0 aliphatic carbocycles. The van der Waals surface area contributed by atoms with Crippen LogP contribution >= 0.6 is 11.3 Å². The molecule has 0 radical (unpaired) electrons. The normalized spacial score (nSPS) is 10.3. The number of carbonyl (C=O) groups is 1. The summed E-state index contributed by atoms with van der Waals surface area (Å²) < 4.78 is 6.97. The predicted molar refractivity (Wildman–Crippen MR) is 70.5 cm³/mol. The number of nitrogens with zero attached hydrogens (tertiary/aromatic N) is 1. The number of thiazole rings is 1. The lowest BCUT2D eigenvalue weighted by atomic mass is 10.2. The second kappa shape index (κ2) is 6.31. The van der Waals surface area contributed by atoms with Crippen LogP contribution in [0.2, 0.25) is 0 Å². The van der Waals surface area contributed by atoms with Crippen molar-refractivity contribution in [1.29, 1.82) is 0 Å². The van der Waals surface area contributed by atoms with Gasteiger partial charge in [0.15, 0.2) is 12.2 Å². The molecule has 0 N–H and O–H groups in total. The van der Waals surface area contributed by atoms with E-state index in [0.29, 0.717) is 13.1 Å². The standard InChI is InChI=1S/C14H16NO2S/c1-12-14(7-8-17-11-16)18-10-15(12)9-13-5-3-2-4-6-13/h2-6,10-11H,7-9H2,1H3/q+1. The van der Waals surface area contributed by atoms with Gasteiger partial charge in [-0.25, -0.2) is 0 Å². The van der Waals surface area contributed by atoms with Crippen LogP contribution in [0.1, 0.15) is 16.1 Å². The highest BCUT2D eigenvalue weighted by Gasteiger charge is 2.15. The number of hydrogen-bond donors (Lipinski definition) is 0. The molecule has 0 fully saturated rings. The van der Waals surface area contributed by atoms with Crippen molar-refractivity contribution in [3.8, 4) is 0 Å². The fraction of sp³-hybridized carbons (Fsp3) is 0.286. The van der Waals surface area contributed by atoms with Crippen molar-refractivity contribution in [1.82, 2.24) is 0 Å². The molecule has 0 aliphatic rings. The Hall–Kier alpha value is -1.68. The monoisotopic (exact) mass is 262 g/mol. The molecule has 4 heteroatoms. The average molecular weight is 262 g/mol. The highest BCUT2D eigenvalue weighted by molar-refractivity contribution is 7.09. The first-order valence-electron chi connectivity index (χ1n) is 5.87. The zero-order valence-electron chi connectivity index (χ0n) is 10.3. The molecular weight excluding hydrogens is 246 g/mol. The lowest BCUT2D eigenvalue weighted by Gasteiger charge is -1.98. The topological polar surface area (TPSA) is 30.2 Å². The van der Waals surface area contributed by atoms with Crippen LogP contribution in [0.25, 0.3) is 0 Å². The first-order valence-corrected chi connectivity index (χ1v) is 6.75. The van der Waals surface area contributed by atoms with E-state index in [2.05, 4.69) is 41.3 Å². The van der Waals surface area contributed by atoms with Gasteiger partial charge in [-0.15, -0.1) is 0 Å². The molecule has 0 spiro atoms. The van der Waals surface area contributed by atoms with Crippen LogP contribution in [0.15, 0.2) is 35.8 Å². The highest BCUT2D eigenvalue weighted by Crippen LogP contribution is 2.12. The summed E-state index contributed by atoms with van der Waals surface area (Å²) in [4.78, 5) is 11.4. The van der Waals surface area contributed by atoms with Crippen molar-refractivity contribution in [2.75, 3.05) is 6.61 Å². The molecule has 94 valence electrons. The van der Waals surface area contributed by atoms with E-state index in [0.717, 1.165) is 13.0 Å². The van der Waals surface area contributed by atoms with E-state index in [1.165, 1.54) is 16.1 Å². The third-order valence-corrected chi connectivity index (χ3v) is 4.01. The van der Waals surface area contributed by atoms with Gasteiger partial charge in [-0.2, -0.15) is 4.57 Å². The molecule has 0 unspecified atom stereocenters.